The van der Waals surface area contributed by atoms with Gasteiger partial charge in [0.15, 0.2) is 6.10 Å². The lowest BCUT2D eigenvalue weighted by Crippen LogP contribution is -2.49. The Morgan fingerprint density at radius 2 is 1.48 bits per heavy atom. The summed E-state index contributed by atoms with van der Waals surface area (Å²) in [5, 5.41) is 8.00. The van der Waals surface area contributed by atoms with Crippen molar-refractivity contribution in [3.8, 4) is 0 Å². The minimum Gasteiger partial charge on any atom is -0.451 e. The molecule has 2 atom stereocenters. The summed E-state index contributed by atoms with van der Waals surface area (Å²) in [5.41, 5.74) is 1.55. The number of para-hydroxylation sites is 1. The Bertz CT molecular complexity index is 809. The van der Waals surface area contributed by atoms with Crippen molar-refractivity contribution in [1.82, 2.24) is 10.6 Å². The van der Waals surface area contributed by atoms with Crippen LogP contribution in [0.2, 0.25) is 0 Å². The van der Waals surface area contributed by atoms with Crippen LogP contribution in [0.1, 0.15) is 26.3 Å². The first-order valence-electron chi connectivity index (χ1n) is 9.51. The van der Waals surface area contributed by atoms with Crippen molar-refractivity contribution in [2.24, 2.45) is 5.92 Å². The molecule has 0 fully saturated rings. The molecule has 0 heterocycles. The number of nitrogens with one attached hydrogen (secondary N) is 3. The predicted octanol–water partition coefficient (Wildman–Crippen LogP) is 3.08. The summed E-state index contributed by atoms with van der Waals surface area (Å²) in [6.45, 7) is 5.41. The smallest absolute Gasteiger partial charge is 0.329 e. The van der Waals surface area contributed by atoms with Crippen molar-refractivity contribution in [3.63, 3.8) is 0 Å². The van der Waals surface area contributed by atoms with Crippen LogP contribution in [0, 0.1) is 5.92 Å². The number of anilines is 1. The first-order valence-corrected chi connectivity index (χ1v) is 9.51. The summed E-state index contributed by atoms with van der Waals surface area (Å²) < 4.78 is 5.28. The number of ether oxygens (including phenoxy) is 1. The van der Waals surface area contributed by atoms with Crippen molar-refractivity contribution in [2.75, 3.05) is 5.32 Å². The van der Waals surface area contributed by atoms with Gasteiger partial charge < -0.3 is 20.7 Å². The van der Waals surface area contributed by atoms with Gasteiger partial charge in [0.1, 0.15) is 6.04 Å². The van der Waals surface area contributed by atoms with E-state index < -0.39 is 30.1 Å². The van der Waals surface area contributed by atoms with Gasteiger partial charge in [0, 0.05) is 12.2 Å². The Balaban J connectivity index is 1.87. The molecule has 2 rings (SSSR count). The summed E-state index contributed by atoms with van der Waals surface area (Å²) >= 11 is 0. The van der Waals surface area contributed by atoms with E-state index in [1.54, 1.807) is 38.1 Å². The average Bonchev–Trinajstić information content (AvgIpc) is 2.71. The topological polar surface area (TPSA) is 96.5 Å². The van der Waals surface area contributed by atoms with Crippen molar-refractivity contribution < 1.29 is 19.1 Å². The van der Waals surface area contributed by atoms with Crippen molar-refractivity contribution in [1.29, 1.82) is 0 Å². The number of benzene rings is 2. The second-order valence-corrected chi connectivity index (χ2v) is 6.97. The molecule has 2 aromatic carbocycles. The Morgan fingerprint density at radius 3 is 2.07 bits per heavy atom. The molecule has 0 unspecified atom stereocenters. The highest BCUT2D eigenvalue weighted by molar-refractivity contribution is 5.93. The molecule has 2 aromatic rings. The van der Waals surface area contributed by atoms with Gasteiger partial charge >= 0.3 is 12.0 Å². The molecule has 0 saturated heterocycles. The summed E-state index contributed by atoms with van der Waals surface area (Å²) in [7, 11) is 0. The average molecular weight is 397 g/mol. The zero-order valence-corrected chi connectivity index (χ0v) is 16.8. The Kier molecular flexibility index (Phi) is 8.21. The third-order valence-electron chi connectivity index (χ3n) is 4.21. The molecule has 7 nitrogen and oxygen atoms in total. The molecule has 0 bridgehead atoms. The highest BCUT2D eigenvalue weighted by Crippen LogP contribution is 2.09. The van der Waals surface area contributed by atoms with E-state index in [4.69, 9.17) is 4.74 Å². The second kappa shape index (κ2) is 10.8. The SMILES string of the molecule is CC(C)[C@@H](NC(=O)Nc1ccccc1)C(=O)O[C@H](C)C(=O)NCc1ccccc1. The maximum atomic E-state index is 12.5. The summed E-state index contributed by atoms with van der Waals surface area (Å²) in [6, 6.07) is 16.9. The van der Waals surface area contributed by atoms with Crippen molar-refractivity contribution >= 4 is 23.6 Å². The first-order chi connectivity index (χ1) is 13.9. The molecule has 29 heavy (non-hydrogen) atoms. The zero-order valence-electron chi connectivity index (χ0n) is 16.8. The van der Waals surface area contributed by atoms with Crippen molar-refractivity contribution in [3.05, 3.63) is 66.2 Å². The Labute approximate surface area is 170 Å². The van der Waals surface area contributed by atoms with Crippen LogP contribution >= 0.6 is 0 Å². The van der Waals surface area contributed by atoms with E-state index in [2.05, 4.69) is 16.0 Å². The van der Waals surface area contributed by atoms with Crippen LogP contribution < -0.4 is 16.0 Å². The van der Waals surface area contributed by atoms with Crippen LogP contribution in [-0.4, -0.2) is 30.1 Å². The Morgan fingerprint density at radius 1 is 0.897 bits per heavy atom. The third kappa shape index (κ3) is 7.29. The van der Waals surface area contributed by atoms with Gasteiger partial charge in [0.05, 0.1) is 0 Å². The lowest BCUT2D eigenvalue weighted by atomic mass is 10.0. The molecule has 7 heteroatoms. The highest BCUT2D eigenvalue weighted by atomic mass is 16.5. The number of esters is 1. The normalized spacial score (nSPS) is 12.6. The standard InChI is InChI=1S/C22H27N3O4/c1-15(2)19(25-22(28)24-18-12-8-5-9-13-18)21(27)29-16(3)20(26)23-14-17-10-6-4-7-11-17/h4-13,15-16,19H,14H2,1-3H3,(H,23,26)(H2,24,25,28)/t16-,19-/m1/s1. The van der Waals surface area contributed by atoms with E-state index >= 15 is 0 Å². The van der Waals surface area contributed by atoms with Gasteiger partial charge in [-0.15, -0.1) is 0 Å². The van der Waals surface area contributed by atoms with Crippen LogP contribution in [0.5, 0.6) is 0 Å². The van der Waals surface area contributed by atoms with E-state index in [-0.39, 0.29) is 5.92 Å². The monoisotopic (exact) mass is 397 g/mol. The molecule has 0 saturated carbocycles. The van der Waals surface area contributed by atoms with Gasteiger partial charge in [-0.05, 0) is 30.5 Å². The number of urea groups is 1. The maximum absolute atomic E-state index is 12.5. The van der Waals surface area contributed by atoms with Gasteiger partial charge in [0.2, 0.25) is 0 Å². The quantitative estimate of drug-likeness (QED) is 0.597. The zero-order chi connectivity index (χ0) is 21.2. The summed E-state index contributed by atoms with van der Waals surface area (Å²) in [6.07, 6.45) is -0.980. The summed E-state index contributed by atoms with van der Waals surface area (Å²) in [4.78, 5) is 36.9. The van der Waals surface area contributed by atoms with Crippen LogP contribution in [0.4, 0.5) is 10.5 Å². The van der Waals surface area contributed by atoms with E-state index in [1.807, 2.05) is 36.4 Å². The molecule has 0 aliphatic carbocycles. The summed E-state index contributed by atoms with van der Waals surface area (Å²) in [5.74, 6) is -1.28. The minimum absolute atomic E-state index is 0.219. The predicted molar refractivity (Wildman–Crippen MR) is 111 cm³/mol. The highest BCUT2D eigenvalue weighted by Gasteiger charge is 2.29. The molecule has 0 radical (unpaired) electrons. The molecule has 3 N–H and O–H groups in total. The van der Waals surface area contributed by atoms with E-state index in [9.17, 15) is 14.4 Å². The number of hydrogen-bond acceptors (Lipinski definition) is 4. The molecule has 0 aromatic heterocycles. The lowest BCUT2D eigenvalue weighted by molar-refractivity contribution is -0.157. The molecular weight excluding hydrogens is 370 g/mol. The van der Waals surface area contributed by atoms with E-state index in [0.29, 0.717) is 12.2 Å². The third-order valence-corrected chi connectivity index (χ3v) is 4.21. The number of carbonyl (C=O) groups excluding carboxylic acids is 3. The molecule has 0 aliphatic heterocycles. The van der Waals surface area contributed by atoms with Gasteiger partial charge in [-0.3, -0.25) is 4.79 Å². The van der Waals surface area contributed by atoms with Gasteiger partial charge in [0.25, 0.3) is 5.91 Å². The van der Waals surface area contributed by atoms with Crippen LogP contribution in [0.15, 0.2) is 60.7 Å². The van der Waals surface area contributed by atoms with Gasteiger partial charge in [-0.1, -0.05) is 62.4 Å². The molecule has 3 amide bonds. The number of hydrogen-bond donors (Lipinski definition) is 3. The fourth-order valence-electron chi connectivity index (χ4n) is 2.56. The first kappa shape index (κ1) is 21.9. The van der Waals surface area contributed by atoms with Crippen LogP contribution in [0.3, 0.4) is 0 Å². The molecular formula is C22H27N3O4. The number of carbonyl (C=O) groups is 3. The molecule has 0 aliphatic rings. The van der Waals surface area contributed by atoms with Gasteiger partial charge in [-0.25, -0.2) is 9.59 Å². The van der Waals surface area contributed by atoms with E-state index in [0.717, 1.165) is 5.56 Å². The lowest BCUT2D eigenvalue weighted by Gasteiger charge is -2.23. The van der Waals surface area contributed by atoms with E-state index in [1.165, 1.54) is 6.92 Å². The Hall–Kier alpha value is -3.35. The fourth-order valence-corrected chi connectivity index (χ4v) is 2.56. The largest absolute Gasteiger partial charge is 0.451 e. The van der Waals surface area contributed by atoms with Crippen LogP contribution in [-0.2, 0) is 20.9 Å². The fraction of sp³-hybridized carbons (Fsp3) is 0.318. The molecule has 154 valence electrons. The number of amides is 3. The van der Waals surface area contributed by atoms with Gasteiger partial charge in [-0.2, -0.15) is 0 Å². The molecule has 0 spiro atoms. The second-order valence-electron chi connectivity index (χ2n) is 6.97. The maximum Gasteiger partial charge on any atom is 0.329 e. The minimum atomic E-state index is -0.980. The van der Waals surface area contributed by atoms with Crippen molar-refractivity contribution in [2.45, 2.75) is 39.5 Å². The van der Waals surface area contributed by atoms with Crippen LogP contribution in [0.25, 0.3) is 0 Å². The number of rotatable bonds is 8.